The van der Waals surface area contributed by atoms with E-state index < -0.39 is 5.95 Å². The second-order valence-corrected chi connectivity index (χ2v) is 3.19. The van der Waals surface area contributed by atoms with Gasteiger partial charge in [0.05, 0.1) is 12.5 Å². The van der Waals surface area contributed by atoms with Crippen LogP contribution in [0.1, 0.15) is 5.56 Å². The smallest absolute Gasteiger partial charge is 0.218 e. The summed E-state index contributed by atoms with van der Waals surface area (Å²) in [5.41, 5.74) is 1.01. The molecular weight excluding hydrogens is 197 g/mol. The molecule has 2 aromatic heterocycles. The van der Waals surface area contributed by atoms with Crippen LogP contribution in [0.15, 0.2) is 35.4 Å². The molecule has 78 valence electrons. The molecule has 15 heavy (non-hydrogen) atoms. The van der Waals surface area contributed by atoms with Crippen LogP contribution < -0.4 is 4.90 Å². The number of nitrogens with zero attached hydrogens (tertiary/aromatic N) is 3. The van der Waals surface area contributed by atoms with E-state index in [4.69, 9.17) is 4.42 Å². The van der Waals surface area contributed by atoms with E-state index in [1.165, 1.54) is 12.4 Å². The van der Waals surface area contributed by atoms with Crippen molar-refractivity contribution in [2.75, 3.05) is 11.9 Å². The summed E-state index contributed by atoms with van der Waals surface area (Å²) in [5, 5.41) is 0. The predicted molar refractivity (Wildman–Crippen MR) is 52.8 cm³/mol. The second-order valence-electron chi connectivity index (χ2n) is 3.19. The summed E-state index contributed by atoms with van der Waals surface area (Å²) in [7, 11) is 1.83. The summed E-state index contributed by atoms with van der Waals surface area (Å²) in [4.78, 5) is 9.18. The zero-order valence-corrected chi connectivity index (χ0v) is 8.22. The van der Waals surface area contributed by atoms with Gasteiger partial charge in [-0.25, -0.2) is 9.97 Å². The highest BCUT2D eigenvalue weighted by Crippen LogP contribution is 2.12. The Labute approximate surface area is 86.4 Å². The lowest BCUT2D eigenvalue weighted by Gasteiger charge is -2.16. The minimum Gasteiger partial charge on any atom is -0.472 e. The lowest BCUT2D eigenvalue weighted by atomic mass is 10.3. The number of furan rings is 1. The zero-order valence-electron chi connectivity index (χ0n) is 8.22. The number of hydrogen-bond acceptors (Lipinski definition) is 4. The van der Waals surface area contributed by atoms with Crippen LogP contribution in [0.3, 0.4) is 0 Å². The summed E-state index contributed by atoms with van der Waals surface area (Å²) in [6.07, 6.45) is 4.45. The third-order valence-corrected chi connectivity index (χ3v) is 2.01. The highest BCUT2D eigenvalue weighted by molar-refractivity contribution is 5.36. The first kappa shape index (κ1) is 9.64. The zero-order chi connectivity index (χ0) is 10.7. The third kappa shape index (κ3) is 2.31. The Balaban J connectivity index is 2.11. The molecule has 0 aliphatic rings. The first-order chi connectivity index (χ1) is 7.25. The molecule has 0 amide bonds. The van der Waals surface area contributed by atoms with Gasteiger partial charge in [-0.15, -0.1) is 0 Å². The summed E-state index contributed by atoms with van der Waals surface area (Å²) in [5.74, 6) is 0.0164. The Morgan fingerprint density at radius 2 is 2.33 bits per heavy atom. The van der Waals surface area contributed by atoms with E-state index in [-0.39, 0.29) is 0 Å². The van der Waals surface area contributed by atoms with Gasteiger partial charge in [0.25, 0.3) is 0 Å². The Morgan fingerprint density at radius 1 is 1.47 bits per heavy atom. The number of halogens is 1. The molecule has 0 aromatic carbocycles. The molecular formula is C10H10FN3O. The molecule has 0 fully saturated rings. The fourth-order valence-corrected chi connectivity index (χ4v) is 1.27. The van der Waals surface area contributed by atoms with Crippen molar-refractivity contribution in [2.24, 2.45) is 0 Å². The summed E-state index contributed by atoms with van der Waals surface area (Å²) >= 11 is 0. The maximum atomic E-state index is 12.8. The Bertz CT molecular complexity index is 430. The minimum absolute atomic E-state index is 0.529. The maximum absolute atomic E-state index is 12.8. The van der Waals surface area contributed by atoms with Gasteiger partial charge in [0.1, 0.15) is 12.1 Å². The van der Waals surface area contributed by atoms with E-state index in [2.05, 4.69) is 9.97 Å². The van der Waals surface area contributed by atoms with E-state index >= 15 is 0 Å². The molecule has 0 unspecified atom stereocenters. The Hall–Kier alpha value is -1.91. The molecule has 2 rings (SSSR count). The van der Waals surface area contributed by atoms with Gasteiger partial charge in [0, 0.05) is 25.2 Å². The first-order valence-corrected chi connectivity index (χ1v) is 4.45. The van der Waals surface area contributed by atoms with Gasteiger partial charge in [0.2, 0.25) is 5.95 Å². The van der Waals surface area contributed by atoms with Crippen LogP contribution in [0.25, 0.3) is 0 Å². The molecule has 0 saturated heterocycles. The molecule has 0 spiro atoms. The molecule has 0 aliphatic heterocycles. The van der Waals surface area contributed by atoms with E-state index in [0.717, 1.165) is 5.56 Å². The van der Waals surface area contributed by atoms with Crippen LogP contribution >= 0.6 is 0 Å². The van der Waals surface area contributed by atoms with Gasteiger partial charge in [-0.05, 0) is 6.07 Å². The van der Waals surface area contributed by atoms with Crippen molar-refractivity contribution in [3.63, 3.8) is 0 Å². The van der Waals surface area contributed by atoms with Crippen molar-refractivity contribution in [1.29, 1.82) is 0 Å². The predicted octanol–water partition coefficient (Wildman–Crippen LogP) is 1.85. The van der Waals surface area contributed by atoms with Gasteiger partial charge in [-0.1, -0.05) is 0 Å². The summed E-state index contributed by atoms with van der Waals surface area (Å²) < 4.78 is 17.8. The van der Waals surface area contributed by atoms with E-state index in [1.807, 2.05) is 18.0 Å². The van der Waals surface area contributed by atoms with Crippen LogP contribution in [-0.4, -0.2) is 17.0 Å². The van der Waals surface area contributed by atoms with Gasteiger partial charge >= 0.3 is 0 Å². The van der Waals surface area contributed by atoms with Gasteiger partial charge in [-0.3, -0.25) is 0 Å². The summed E-state index contributed by atoms with van der Waals surface area (Å²) in [6.45, 7) is 0.618. The molecule has 0 aliphatic carbocycles. The molecule has 0 N–H and O–H groups in total. The number of anilines is 1. The molecule has 0 atom stereocenters. The second kappa shape index (κ2) is 4.08. The lowest BCUT2D eigenvalue weighted by molar-refractivity contribution is 0.563. The van der Waals surface area contributed by atoms with Crippen molar-refractivity contribution in [3.05, 3.63) is 42.5 Å². The quantitative estimate of drug-likeness (QED) is 0.720. The van der Waals surface area contributed by atoms with Crippen molar-refractivity contribution in [2.45, 2.75) is 6.54 Å². The fraction of sp³-hybridized carbons (Fsp3) is 0.200. The third-order valence-electron chi connectivity index (χ3n) is 2.01. The highest BCUT2D eigenvalue weighted by atomic mass is 19.1. The van der Waals surface area contributed by atoms with Gasteiger partial charge in [0.15, 0.2) is 0 Å². The van der Waals surface area contributed by atoms with Crippen LogP contribution in [0, 0.1) is 5.95 Å². The largest absolute Gasteiger partial charge is 0.472 e. The molecule has 0 saturated carbocycles. The van der Waals surface area contributed by atoms with Crippen molar-refractivity contribution >= 4 is 5.82 Å². The average Bonchev–Trinajstić information content (AvgIpc) is 2.70. The maximum Gasteiger partial charge on any atom is 0.218 e. The molecule has 0 bridgehead atoms. The Morgan fingerprint density at radius 3 is 3.00 bits per heavy atom. The van der Waals surface area contributed by atoms with Crippen LogP contribution in [0.2, 0.25) is 0 Å². The van der Waals surface area contributed by atoms with Crippen molar-refractivity contribution in [3.8, 4) is 0 Å². The van der Waals surface area contributed by atoms with Gasteiger partial charge < -0.3 is 9.32 Å². The molecule has 5 heteroatoms. The van der Waals surface area contributed by atoms with E-state index in [0.29, 0.717) is 12.4 Å². The van der Waals surface area contributed by atoms with Crippen LogP contribution in [0.4, 0.5) is 10.2 Å². The normalized spacial score (nSPS) is 10.3. The number of hydrogen-bond donors (Lipinski definition) is 0. The topological polar surface area (TPSA) is 42.2 Å². The van der Waals surface area contributed by atoms with Crippen LogP contribution in [-0.2, 0) is 6.54 Å². The Kier molecular flexibility index (Phi) is 2.62. The lowest BCUT2D eigenvalue weighted by Crippen LogP contribution is -2.17. The molecule has 4 nitrogen and oxygen atoms in total. The number of aromatic nitrogens is 2. The van der Waals surface area contributed by atoms with E-state index in [9.17, 15) is 4.39 Å². The van der Waals surface area contributed by atoms with E-state index in [1.54, 1.807) is 12.5 Å². The minimum atomic E-state index is -0.529. The van der Waals surface area contributed by atoms with Crippen molar-refractivity contribution < 1.29 is 8.81 Å². The molecule has 2 aromatic rings. The SMILES string of the molecule is CN(Cc1ccoc1)c1cc(F)ncn1. The standard InChI is InChI=1S/C10H10FN3O/c1-14(5-8-2-3-15-6-8)10-4-9(11)12-7-13-10/h2-4,6-7H,5H2,1H3. The monoisotopic (exact) mass is 207 g/mol. The fourth-order valence-electron chi connectivity index (χ4n) is 1.27. The average molecular weight is 207 g/mol. The molecule has 0 radical (unpaired) electrons. The first-order valence-electron chi connectivity index (χ1n) is 4.45. The molecule has 2 heterocycles. The van der Waals surface area contributed by atoms with Gasteiger partial charge in [-0.2, -0.15) is 4.39 Å². The van der Waals surface area contributed by atoms with Crippen molar-refractivity contribution in [1.82, 2.24) is 9.97 Å². The van der Waals surface area contributed by atoms with Crippen LogP contribution in [0.5, 0.6) is 0 Å². The summed E-state index contributed by atoms with van der Waals surface area (Å²) in [6, 6.07) is 3.15. The number of rotatable bonds is 3. The highest BCUT2D eigenvalue weighted by Gasteiger charge is 2.05.